The Labute approximate surface area is 112 Å². The summed E-state index contributed by atoms with van der Waals surface area (Å²) >= 11 is 0. The molecule has 0 fully saturated rings. The molecule has 0 aliphatic carbocycles. The first-order valence-corrected chi connectivity index (χ1v) is 5.84. The Morgan fingerprint density at radius 2 is 1.70 bits per heavy atom. The molecule has 100 valence electrons. The van der Waals surface area contributed by atoms with Gasteiger partial charge in [-0.2, -0.15) is 0 Å². The third-order valence-electron chi connectivity index (χ3n) is 2.97. The lowest BCUT2D eigenvalue weighted by Crippen LogP contribution is -2.33. The number of rotatable bonds is 1. The maximum Gasteiger partial charge on any atom is 0.333 e. The molecule has 0 bridgehead atoms. The van der Waals surface area contributed by atoms with Gasteiger partial charge in [0.25, 0.3) is 5.56 Å². The zero-order valence-electron chi connectivity index (χ0n) is 10.2. The molecule has 3 N–H and O–H groups in total. The predicted octanol–water partition coefficient (Wildman–Crippen LogP) is 1.09. The van der Waals surface area contributed by atoms with E-state index >= 15 is 0 Å². The predicted molar refractivity (Wildman–Crippen MR) is 73.5 cm³/mol. The summed E-state index contributed by atoms with van der Waals surface area (Å²) in [4.78, 5) is 26.9. The van der Waals surface area contributed by atoms with Gasteiger partial charge in [0.1, 0.15) is 11.5 Å². The van der Waals surface area contributed by atoms with Crippen LogP contribution in [0.5, 0.6) is 11.5 Å². The van der Waals surface area contributed by atoms with Crippen molar-refractivity contribution in [2.45, 2.75) is 0 Å². The number of phenols is 2. The van der Waals surface area contributed by atoms with Crippen LogP contribution in [0.25, 0.3) is 16.6 Å². The van der Waals surface area contributed by atoms with Crippen molar-refractivity contribution in [3.8, 4) is 17.2 Å². The van der Waals surface area contributed by atoms with Gasteiger partial charge in [0, 0.05) is 12.1 Å². The maximum absolute atomic E-state index is 12.4. The molecule has 1 heterocycles. The lowest BCUT2D eigenvalue weighted by molar-refractivity contribution is 0.475. The SMILES string of the molecule is O=c1[nH]c2cc(O)ccc2c(=O)n1-c1cccc(O)c1. The molecule has 6 nitrogen and oxygen atoms in total. The number of aromatic hydroxyl groups is 2. The summed E-state index contributed by atoms with van der Waals surface area (Å²) in [7, 11) is 0. The van der Waals surface area contributed by atoms with Crippen LogP contribution in [0.1, 0.15) is 0 Å². The summed E-state index contributed by atoms with van der Waals surface area (Å²) < 4.78 is 0.930. The van der Waals surface area contributed by atoms with E-state index in [1.54, 1.807) is 6.07 Å². The molecule has 6 heteroatoms. The minimum absolute atomic E-state index is 0.0392. The van der Waals surface area contributed by atoms with Crippen LogP contribution in [0.3, 0.4) is 0 Å². The van der Waals surface area contributed by atoms with Crippen molar-refractivity contribution in [2.75, 3.05) is 0 Å². The largest absolute Gasteiger partial charge is 0.508 e. The first kappa shape index (κ1) is 12.0. The summed E-state index contributed by atoms with van der Waals surface area (Å²) in [5.74, 6) is -0.0812. The van der Waals surface area contributed by atoms with E-state index in [1.807, 2.05) is 0 Å². The van der Waals surface area contributed by atoms with E-state index in [2.05, 4.69) is 4.98 Å². The second-order valence-electron chi connectivity index (χ2n) is 4.32. The van der Waals surface area contributed by atoms with Gasteiger partial charge in [-0.05, 0) is 24.3 Å². The van der Waals surface area contributed by atoms with Crippen LogP contribution in [0.15, 0.2) is 52.1 Å². The molecular weight excluding hydrogens is 260 g/mol. The van der Waals surface area contributed by atoms with Gasteiger partial charge in [-0.3, -0.25) is 4.79 Å². The summed E-state index contributed by atoms with van der Waals surface area (Å²) in [6.07, 6.45) is 0. The van der Waals surface area contributed by atoms with Crippen LogP contribution in [-0.2, 0) is 0 Å². The average molecular weight is 270 g/mol. The van der Waals surface area contributed by atoms with E-state index in [0.29, 0.717) is 0 Å². The summed E-state index contributed by atoms with van der Waals surface area (Å²) in [5.41, 5.74) is -0.629. The van der Waals surface area contributed by atoms with Crippen LogP contribution >= 0.6 is 0 Å². The summed E-state index contributed by atoms with van der Waals surface area (Å²) in [5, 5.41) is 19.1. The number of hydrogen-bond donors (Lipinski definition) is 3. The Hall–Kier alpha value is -3.02. The highest BCUT2D eigenvalue weighted by Gasteiger charge is 2.10. The topological polar surface area (TPSA) is 95.3 Å². The van der Waals surface area contributed by atoms with Crippen LogP contribution in [0, 0.1) is 0 Å². The Bertz CT molecular complexity index is 924. The van der Waals surface area contributed by atoms with Gasteiger partial charge < -0.3 is 15.2 Å². The molecule has 2 aromatic carbocycles. The quantitative estimate of drug-likeness (QED) is 0.616. The maximum atomic E-state index is 12.4. The fourth-order valence-electron chi connectivity index (χ4n) is 2.07. The molecular formula is C14H10N2O4. The number of aromatic nitrogens is 2. The van der Waals surface area contributed by atoms with E-state index in [0.717, 1.165) is 4.57 Å². The van der Waals surface area contributed by atoms with Crippen LogP contribution in [0.2, 0.25) is 0 Å². The normalized spacial score (nSPS) is 10.8. The van der Waals surface area contributed by atoms with Crippen molar-refractivity contribution in [1.29, 1.82) is 0 Å². The number of benzene rings is 2. The second-order valence-corrected chi connectivity index (χ2v) is 4.32. The molecule has 0 aliphatic heterocycles. The fraction of sp³-hybridized carbons (Fsp3) is 0. The molecule has 3 aromatic rings. The van der Waals surface area contributed by atoms with Crippen molar-refractivity contribution in [3.63, 3.8) is 0 Å². The number of hydrogen-bond acceptors (Lipinski definition) is 4. The minimum Gasteiger partial charge on any atom is -0.508 e. The molecule has 0 radical (unpaired) electrons. The van der Waals surface area contributed by atoms with Gasteiger partial charge in [-0.25, -0.2) is 9.36 Å². The molecule has 1 aromatic heterocycles. The average Bonchev–Trinajstić information content (AvgIpc) is 2.38. The first-order chi connectivity index (χ1) is 9.56. The van der Waals surface area contributed by atoms with Gasteiger partial charge in [-0.15, -0.1) is 0 Å². The van der Waals surface area contributed by atoms with E-state index in [1.165, 1.54) is 36.4 Å². The number of fused-ring (bicyclic) bond motifs is 1. The van der Waals surface area contributed by atoms with E-state index in [4.69, 9.17) is 0 Å². The molecule has 20 heavy (non-hydrogen) atoms. The molecule has 0 amide bonds. The monoisotopic (exact) mass is 270 g/mol. The fourth-order valence-corrected chi connectivity index (χ4v) is 2.07. The van der Waals surface area contributed by atoms with Crippen molar-refractivity contribution in [2.24, 2.45) is 0 Å². The zero-order valence-corrected chi connectivity index (χ0v) is 10.2. The summed E-state index contributed by atoms with van der Waals surface area (Å²) in [6, 6.07) is 9.97. The van der Waals surface area contributed by atoms with E-state index in [-0.39, 0.29) is 28.1 Å². The van der Waals surface area contributed by atoms with Crippen LogP contribution in [0.4, 0.5) is 0 Å². The highest BCUT2D eigenvalue weighted by molar-refractivity contribution is 5.79. The molecule has 0 unspecified atom stereocenters. The minimum atomic E-state index is -0.640. The van der Waals surface area contributed by atoms with Crippen molar-refractivity contribution >= 4 is 10.9 Å². The second kappa shape index (κ2) is 4.27. The molecule has 0 saturated carbocycles. The zero-order chi connectivity index (χ0) is 14.3. The Morgan fingerprint density at radius 1 is 0.950 bits per heavy atom. The molecule has 0 aliphatic rings. The molecule has 0 spiro atoms. The molecule has 0 atom stereocenters. The van der Waals surface area contributed by atoms with E-state index < -0.39 is 11.2 Å². The van der Waals surface area contributed by atoms with Gasteiger partial charge in [0.2, 0.25) is 0 Å². The number of nitrogens with one attached hydrogen (secondary N) is 1. The Morgan fingerprint density at radius 3 is 2.45 bits per heavy atom. The third kappa shape index (κ3) is 1.83. The number of phenolic OH excluding ortho intramolecular Hbond substituents is 2. The first-order valence-electron chi connectivity index (χ1n) is 5.84. The Balaban J connectivity index is 2.41. The smallest absolute Gasteiger partial charge is 0.333 e. The number of H-pyrrole nitrogens is 1. The lowest BCUT2D eigenvalue weighted by atomic mass is 10.2. The highest BCUT2D eigenvalue weighted by Crippen LogP contribution is 2.16. The van der Waals surface area contributed by atoms with Crippen molar-refractivity contribution in [3.05, 3.63) is 63.3 Å². The van der Waals surface area contributed by atoms with Gasteiger partial charge in [-0.1, -0.05) is 6.07 Å². The summed E-state index contributed by atoms with van der Waals surface area (Å²) in [6.45, 7) is 0. The Kier molecular flexibility index (Phi) is 2.57. The highest BCUT2D eigenvalue weighted by atomic mass is 16.3. The van der Waals surface area contributed by atoms with E-state index in [9.17, 15) is 19.8 Å². The standard InChI is InChI=1S/C14H10N2O4/c17-9-3-1-2-8(6-9)16-13(19)11-5-4-10(18)7-12(11)15-14(16)20/h1-7,17-18H,(H,15,20). The molecule has 3 rings (SSSR count). The van der Waals surface area contributed by atoms with Crippen molar-refractivity contribution in [1.82, 2.24) is 9.55 Å². The number of nitrogens with zero attached hydrogens (tertiary/aromatic N) is 1. The molecule has 0 saturated heterocycles. The third-order valence-corrected chi connectivity index (χ3v) is 2.97. The van der Waals surface area contributed by atoms with Crippen LogP contribution < -0.4 is 11.2 Å². The lowest BCUT2D eigenvalue weighted by Gasteiger charge is -2.06. The van der Waals surface area contributed by atoms with Gasteiger partial charge in [0.15, 0.2) is 0 Å². The van der Waals surface area contributed by atoms with Gasteiger partial charge in [0.05, 0.1) is 16.6 Å². The number of aromatic amines is 1. The van der Waals surface area contributed by atoms with Gasteiger partial charge >= 0.3 is 5.69 Å². The van der Waals surface area contributed by atoms with Crippen molar-refractivity contribution < 1.29 is 10.2 Å². The van der Waals surface area contributed by atoms with Crippen LogP contribution in [-0.4, -0.2) is 19.8 Å².